The molecule has 62 valence electrons. The van der Waals surface area contributed by atoms with Crippen LogP contribution in [-0.4, -0.2) is 11.8 Å². The summed E-state index contributed by atoms with van der Waals surface area (Å²) >= 11 is 8.51. The number of rotatable bonds is 6. The highest BCUT2D eigenvalue weighted by molar-refractivity contribution is 7.75. The Hall–Kier alpha value is 0.520. The van der Waals surface area contributed by atoms with Crippen LogP contribution in [0.5, 0.6) is 0 Å². The van der Waals surface area contributed by atoms with Crippen LogP contribution in [-0.2, 0) is 8.67 Å². The first-order valence-corrected chi connectivity index (χ1v) is 3.90. The molecule has 0 unspecified atom stereocenters. The molecule has 0 saturated heterocycles. The summed E-state index contributed by atoms with van der Waals surface area (Å²) in [5.41, 5.74) is 0. The lowest BCUT2D eigenvalue weighted by atomic mass is 10.2. The standard InChI is InChI=1S/C5H12ClNO2S/c1-2-3-4-5-7(8-6)9-10/h10H,2-5H2,1H3. The summed E-state index contributed by atoms with van der Waals surface area (Å²) in [4.78, 5) is 0. The van der Waals surface area contributed by atoms with Gasteiger partial charge in [0, 0.05) is 12.9 Å². The van der Waals surface area contributed by atoms with Crippen molar-refractivity contribution in [2.45, 2.75) is 26.2 Å². The molecular formula is C5H12ClNO2S. The minimum Gasteiger partial charge on any atom is -0.205 e. The molecular weight excluding hydrogens is 174 g/mol. The van der Waals surface area contributed by atoms with E-state index in [-0.39, 0.29) is 0 Å². The largest absolute Gasteiger partial charge is 0.205 e. The Morgan fingerprint density at radius 3 is 2.60 bits per heavy atom. The molecule has 0 N–H and O–H groups in total. The molecule has 10 heavy (non-hydrogen) atoms. The van der Waals surface area contributed by atoms with Gasteiger partial charge in [0.1, 0.15) is 0 Å². The van der Waals surface area contributed by atoms with Gasteiger partial charge in [0.25, 0.3) is 0 Å². The van der Waals surface area contributed by atoms with Gasteiger partial charge in [-0.3, -0.25) is 0 Å². The SMILES string of the molecule is CCCCCN(OS)OCl. The number of unbranched alkanes of at least 4 members (excludes halogenated alkanes) is 2. The molecule has 0 rings (SSSR count). The number of hydroxylamine groups is 2. The van der Waals surface area contributed by atoms with E-state index in [2.05, 4.69) is 28.5 Å². The quantitative estimate of drug-likeness (QED) is 0.297. The normalized spacial score (nSPS) is 10.8. The number of thiol groups is 1. The summed E-state index contributed by atoms with van der Waals surface area (Å²) in [6.45, 7) is 2.76. The van der Waals surface area contributed by atoms with Crippen LogP contribution in [0.15, 0.2) is 0 Å². The zero-order chi connectivity index (χ0) is 7.82. The Labute approximate surface area is 71.9 Å². The molecule has 0 aliphatic heterocycles. The Balaban J connectivity index is 3.09. The maximum atomic E-state index is 5.00. The summed E-state index contributed by atoms with van der Waals surface area (Å²) in [6.07, 6.45) is 3.28. The van der Waals surface area contributed by atoms with Gasteiger partial charge in [-0.15, -0.1) is 0 Å². The molecule has 5 heteroatoms. The van der Waals surface area contributed by atoms with Crippen LogP contribution in [0, 0.1) is 0 Å². The van der Waals surface area contributed by atoms with Gasteiger partial charge in [-0.25, -0.2) is 4.28 Å². The average Bonchev–Trinajstić information content (AvgIpc) is 1.99. The van der Waals surface area contributed by atoms with Gasteiger partial charge in [0.2, 0.25) is 0 Å². The van der Waals surface area contributed by atoms with Crippen molar-refractivity contribution >= 4 is 24.8 Å². The molecule has 0 atom stereocenters. The van der Waals surface area contributed by atoms with Crippen LogP contribution in [0.3, 0.4) is 0 Å². The molecule has 0 aromatic heterocycles. The molecule has 0 aliphatic rings. The number of nitrogens with zero attached hydrogens (tertiary/aromatic N) is 1. The van der Waals surface area contributed by atoms with Crippen molar-refractivity contribution < 1.29 is 8.67 Å². The van der Waals surface area contributed by atoms with E-state index in [1.807, 2.05) is 0 Å². The van der Waals surface area contributed by atoms with Crippen molar-refractivity contribution in [3.05, 3.63) is 0 Å². The van der Waals surface area contributed by atoms with E-state index < -0.39 is 0 Å². The summed E-state index contributed by atoms with van der Waals surface area (Å²) in [7, 11) is 0. The fourth-order valence-electron chi connectivity index (χ4n) is 0.579. The Morgan fingerprint density at radius 1 is 1.50 bits per heavy atom. The monoisotopic (exact) mass is 185 g/mol. The van der Waals surface area contributed by atoms with Crippen LogP contribution in [0.4, 0.5) is 0 Å². The van der Waals surface area contributed by atoms with Crippen LogP contribution < -0.4 is 0 Å². The van der Waals surface area contributed by atoms with E-state index in [0.717, 1.165) is 24.5 Å². The molecule has 0 bridgehead atoms. The van der Waals surface area contributed by atoms with Gasteiger partial charge >= 0.3 is 0 Å². The lowest BCUT2D eigenvalue weighted by molar-refractivity contribution is -0.242. The second kappa shape index (κ2) is 7.63. The minimum absolute atomic E-state index is 0.640. The van der Waals surface area contributed by atoms with E-state index in [9.17, 15) is 0 Å². The molecule has 0 aliphatic carbocycles. The minimum atomic E-state index is 0.640. The third-order valence-electron chi connectivity index (χ3n) is 1.11. The zero-order valence-electron chi connectivity index (χ0n) is 5.92. The van der Waals surface area contributed by atoms with Gasteiger partial charge < -0.3 is 0 Å². The third kappa shape index (κ3) is 5.32. The maximum Gasteiger partial charge on any atom is 0.0867 e. The second-order valence-corrected chi connectivity index (χ2v) is 2.22. The summed E-state index contributed by atoms with van der Waals surface area (Å²) in [6, 6.07) is 0. The van der Waals surface area contributed by atoms with Gasteiger partial charge in [-0.05, 0) is 11.6 Å². The highest BCUT2D eigenvalue weighted by Gasteiger charge is 2.01. The van der Waals surface area contributed by atoms with Crippen molar-refractivity contribution in [2.75, 3.05) is 6.54 Å². The molecule has 0 spiro atoms. The van der Waals surface area contributed by atoms with Gasteiger partial charge in [0.05, 0.1) is 18.4 Å². The molecule has 0 saturated carbocycles. The van der Waals surface area contributed by atoms with Gasteiger partial charge in [-0.1, -0.05) is 19.8 Å². The van der Waals surface area contributed by atoms with Crippen molar-refractivity contribution in [3.8, 4) is 0 Å². The molecule has 0 heterocycles. The van der Waals surface area contributed by atoms with Crippen molar-refractivity contribution in [1.29, 1.82) is 0 Å². The van der Waals surface area contributed by atoms with Crippen molar-refractivity contribution in [1.82, 2.24) is 5.23 Å². The Morgan fingerprint density at radius 2 is 2.20 bits per heavy atom. The van der Waals surface area contributed by atoms with E-state index in [0.29, 0.717) is 6.54 Å². The topological polar surface area (TPSA) is 21.7 Å². The average molecular weight is 186 g/mol. The highest BCUT2D eigenvalue weighted by atomic mass is 35.5. The predicted octanol–water partition coefficient (Wildman–Crippen LogP) is 2.34. The first-order valence-electron chi connectivity index (χ1n) is 3.23. The van der Waals surface area contributed by atoms with Crippen LogP contribution in [0.25, 0.3) is 0 Å². The van der Waals surface area contributed by atoms with Crippen molar-refractivity contribution in [2.24, 2.45) is 0 Å². The van der Waals surface area contributed by atoms with Gasteiger partial charge in [-0.2, -0.15) is 4.39 Å². The van der Waals surface area contributed by atoms with E-state index >= 15 is 0 Å². The van der Waals surface area contributed by atoms with Crippen LogP contribution in [0.1, 0.15) is 26.2 Å². The predicted molar refractivity (Wildman–Crippen MR) is 43.2 cm³/mol. The summed E-state index contributed by atoms with van der Waals surface area (Å²) in [5, 5.41) is 1.11. The lowest BCUT2D eigenvalue weighted by Gasteiger charge is -2.11. The molecule has 0 aromatic rings. The van der Waals surface area contributed by atoms with E-state index in [1.54, 1.807) is 0 Å². The molecule has 0 amide bonds. The Bertz CT molecular complexity index is 72.7. The summed E-state index contributed by atoms with van der Waals surface area (Å²) in [5.74, 6) is 0. The molecule has 3 nitrogen and oxygen atoms in total. The molecule has 0 fully saturated rings. The fourth-order valence-corrected chi connectivity index (χ4v) is 0.830. The maximum absolute atomic E-state index is 5.00. The first kappa shape index (κ1) is 10.5. The number of hydrogen-bond donors (Lipinski definition) is 1. The smallest absolute Gasteiger partial charge is 0.0867 e. The van der Waals surface area contributed by atoms with Crippen LogP contribution in [0.2, 0.25) is 0 Å². The van der Waals surface area contributed by atoms with E-state index in [4.69, 9.17) is 11.9 Å². The summed E-state index contributed by atoms with van der Waals surface area (Å²) < 4.78 is 8.67. The number of halogens is 1. The third-order valence-corrected chi connectivity index (χ3v) is 1.45. The number of hydrogen-bond acceptors (Lipinski definition) is 4. The molecule has 0 aromatic carbocycles. The van der Waals surface area contributed by atoms with E-state index in [1.165, 1.54) is 0 Å². The fraction of sp³-hybridized carbons (Fsp3) is 1.00. The molecule has 0 radical (unpaired) electrons. The van der Waals surface area contributed by atoms with Crippen molar-refractivity contribution in [3.63, 3.8) is 0 Å². The first-order chi connectivity index (χ1) is 4.85. The lowest BCUT2D eigenvalue weighted by Crippen LogP contribution is -2.17. The zero-order valence-corrected chi connectivity index (χ0v) is 7.57. The highest BCUT2D eigenvalue weighted by Crippen LogP contribution is 2.02. The van der Waals surface area contributed by atoms with Crippen LogP contribution >= 0.6 is 24.8 Å². The second-order valence-electron chi connectivity index (χ2n) is 1.91. The van der Waals surface area contributed by atoms with Gasteiger partial charge in [0.15, 0.2) is 0 Å². The Kier molecular flexibility index (Phi) is 8.02.